The molecule has 1 amide bonds. The molecule has 3 rings (SSSR count). The van der Waals surface area contributed by atoms with E-state index < -0.39 is 10.8 Å². The number of rotatable bonds is 7. The van der Waals surface area contributed by atoms with E-state index >= 15 is 0 Å². The van der Waals surface area contributed by atoms with Gasteiger partial charge in [0.1, 0.15) is 9.85 Å². The lowest BCUT2D eigenvalue weighted by molar-refractivity contribution is -0.384. The minimum atomic E-state index is -0.617. The largest absolute Gasteiger partial charge is 0.321 e. The van der Waals surface area contributed by atoms with E-state index in [-0.39, 0.29) is 22.0 Å². The fourth-order valence-corrected chi connectivity index (χ4v) is 4.21. The molecular formula is C19H19ClN4O4S. The number of carbonyl (C=O) groups excluding carboxylic acids is 1. The van der Waals surface area contributed by atoms with Crippen molar-refractivity contribution in [3.8, 4) is 0 Å². The minimum absolute atomic E-state index is 0.0149. The van der Waals surface area contributed by atoms with Gasteiger partial charge < -0.3 is 5.32 Å². The number of nitro groups is 1. The summed E-state index contributed by atoms with van der Waals surface area (Å²) in [4.78, 5) is 41.1. The van der Waals surface area contributed by atoms with Crippen molar-refractivity contribution in [2.24, 2.45) is 0 Å². The molecular weight excluding hydrogens is 416 g/mol. The standard InChI is InChI=1S/C19H19ClN4O4S/c1-3-4-5-8-23-10-21-18-15(19(23)26)11(2)16(29-18)17(25)22-12-6-7-13(20)14(9-12)24(27)28/h6-7,9-10H,3-5,8H2,1-2H3,(H,22,25). The molecule has 2 aromatic heterocycles. The summed E-state index contributed by atoms with van der Waals surface area (Å²) in [6, 6.07) is 4.03. The Morgan fingerprint density at radius 2 is 2.14 bits per heavy atom. The zero-order chi connectivity index (χ0) is 21.1. The van der Waals surface area contributed by atoms with Crippen LogP contribution in [0.1, 0.15) is 41.4 Å². The summed E-state index contributed by atoms with van der Waals surface area (Å²) in [6.07, 6.45) is 4.47. The second kappa shape index (κ2) is 8.71. The molecule has 0 atom stereocenters. The number of fused-ring (bicyclic) bond motifs is 1. The second-order valence-corrected chi connectivity index (χ2v) is 7.97. The molecule has 0 spiro atoms. The summed E-state index contributed by atoms with van der Waals surface area (Å²) in [5.74, 6) is -0.459. The van der Waals surface area contributed by atoms with Gasteiger partial charge in [-0.05, 0) is 31.0 Å². The van der Waals surface area contributed by atoms with Gasteiger partial charge in [-0.3, -0.25) is 24.3 Å². The smallest absolute Gasteiger partial charge is 0.289 e. The molecule has 0 aliphatic carbocycles. The first-order valence-corrected chi connectivity index (χ1v) is 10.3. The second-order valence-electron chi connectivity index (χ2n) is 6.56. The molecule has 152 valence electrons. The highest BCUT2D eigenvalue weighted by Gasteiger charge is 2.21. The Bertz CT molecular complexity index is 1160. The van der Waals surface area contributed by atoms with Gasteiger partial charge in [0, 0.05) is 18.3 Å². The molecule has 1 aromatic carbocycles. The van der Waals surface area contributed by atoms with Crippen LogP contribution in [-0.4, -0.2) is 20.4 Å². The first-order chi connectivity index (χ1) is 13.8. The third-order valence-electron chi connectivity index (χ3n) is 4.53. The molecule has 0 saturated heterocycles. The van der Waals surface area contributed by atoms with E-state index in [1.165, 1.54) is 24.5 Å². The van der Waals surface area contributed by atoms with Crippen LogP contribution in [-0.2, 0) is 6.54 Å². The molecule has 2 heterocycles. The predicted octanol–water partition coefficient (Wildman–Crippen LogP) is 4.77. The number of hydrogen-bond acceptors (Lipinski definition) is 6. The van der Waals surface area contributed by atoms with E-state index in [2.05, 4.69) is 17.2 Å². The number of thiophene rings is 1. The number of nitro benzene ring substituents is 1. The molecule has 0 saturated carbocycles. The van der Waals surface area contributed by atoms with Crippen LogP contribution >= 0.6 is 22.9 Å². The van der Waals surface area contributed by atoms with Crippen LogP contribution in [0.4, 0.5) is 11.4 Å². The number of carbonyl (C=O) groups is 1. The van der Waals surface area contributed by atoms with E-state index in [9.17, 15) is 19.7 Å². The maximum Gasteiger partial charge on any atom is 0.289 e. The SMILES string of the molecule is CCCCCn1cnc2sc(C(=O)Nc3ccc(Cl)c([N+](=O)[O-])c3)c(C)c2c1=O. The summed E-state index contributed by atoms with van der Waals surface area (Å²) in [5, 5.41) is 14.1. The lowest BCUT2D eigenvalue weighted by Gasteiger charge is -2.05. The summed E-state index contributed by atoms with van der Waals surface area (Å²) in [5.41, 5.74) is 0.330. The highest BCUT2D eigenvalue weighted by molar-refractivity contribution is 7.20. The molecule has 3 aromatic rings. The molecule has 0 unspecified atom stereocenters. The van der Waals surface area contributed by atoms with Gasteiger partial charge in [0.15, 0.2) is 0 Å². The van der Waals surface area contributed by atoms with Crippen molar-refractivity contribution < 1.29 is 9.72 Å². The van der Waals surface area contributed by atoms with Crippen molar-refractivity contribution in [2.45, 2.75) is 39.7 Å². The van der Waals surface area contributed by atoms with Crippen molar-refractivity contribution >= 4 is 50.4 Å². The number of amides is 1. The van der Waals surface area contributed by atoms with Gasteiger partial charge in [-0.15, -0.1) is 11.3 Å². The fourth-order valence-electron chi connectivity index (χ4n) is 2.99. The number of unbranched alkanes of at least 4 members (excludes halogenated alkanes) is 2. The number of benzene rings is 1. The molecule has 29 heavy (non-hydrogen) atoms. The average molecular weight is 435 g/mol. The van der Waals surface area contributed by atoms with Gasteiger partial charge >= 0.3 is 0 Å². The monoisotopic (exact) mass is 434 g/mol. The van der Waals surface area contributed by atoms with Crippen molar-refractivity contribution in [3.63, 3.8) is 0 Å². The zero-order valence-electron chi connectivity index (χ0n) is 15.9. The van der Waals surface area contributed by atoms with E-state index in [1.807, 2.05) is 0 Å². The maximum absolute atomic E-state index is 12.8. The summed E-state index contributed by atoms with van der Waals surface area (Å²) in [6.45, 7) is 4.38. The normalized spacial score (nSPS) is 11.0. The Labute approximate surface area is 175 Å². The van der Waals surface area contributed by atoms with Gasteiger partial charge in [0.25, 0.3) is 17.2 Å². The molecule has 0 aliphatic rings. The predicted molar refractivity (Wildman–Crippen MR) is 114 cm³/mol. The van der Waals surface area contributed by atoms with Gasteiger partial charge in [-0.1, -0.05) is 31.4 Å². The number of nitrogens with one attached hydrogen (secondary N) is 1. The highest BCUT2D eigenvalue weighted by Crippen LogP contribution is 2.30. The summed E-state index contributed by atoms with van der Waals surface area (Å²) < 4.78 is 1.57. The van der Waals surface area contributed by atoms with Crippen molar-refractivity contribution in [1.29, 1.82) is 0 Å². The van der Waals surface area contributed by atoms with Gasteiger partial charge in [-0.2, -0.15) is 0 Å². The number of anilines is 1. The van der Waals surface area contributed by atoms with Crippen LogP contribution < -0.4 is 10.9 Å². The van der Waals surface area contributed by atoms with Crippen LogP contribution in [0, 0.1) is 17.0 Å². The lowest BCUT2D eigenvalue weighted by atomic mass is 10.2. The summed E-state index contributed by atoms with van der Waals surface area (Å²) in [7, 11) is 0. The van der Waals surface area contributed by atoms with Crippen LogP contribution in [0.3, 0.4) is 0 Å². The Morgan fingerprint density at radius 1 is 1.38 bits per heavy atom. The zero-order valence-corrected chi connectivity index (χ0v) is 17.5. The van der Waals surface area contributed by atoms with Crippen LogP contribution in [0.25, 0.3) is 10.2 Å². The third kappa shape index (κ3) is 4.30. The van der Waals surface area contributed by atoms with Crippen LogP contribution in [0.15, 0.2) is 29.3 Å². The van der Waals surface area contributed by atoms with Crippen LogP contribution in [0.2, 0.25) is 5.02 Å². The first kappa shape index (κ1) is 20.9. The van der Waals surface area contributed by atoms with E-state index in [1.54, 1.807) is 11.5 Å². The average Bonchev–Trinajstić information content (AvgIpc) is 3.02. The van der Waals surface area contributed by atoms with Gasteiger partial charge in [-0.25, -0.2) is 4.98 Å². The van der Waals surface area contributed by atoms with Crippen LogP contribution in [0.5, 0.6) is 0 Å². The molecule has 0 bridgehead atoms. The molecule has 10 heteroatoms. The van der Waals surface area contributed by atoms with E-state index in [4.69, 9.17) is 11.6 Å². The number of nitrogens with zero attached hydrogens (tertiary/aromatic N) is 3. The van der Waals surface area contributed by atoms with Crippen molar-refractivity contribution in [1.82, 2.24) is 9.55 Å². The Hall–Kier alpha value is -2.78. The molecule has 0 radical (unpaired) electrons. The number of halogens is 1. The molecule has 0 fully saturated rings. The Kier molecular flexibility index (Phi) is 6.29. The molecule has 1 N–H and O–H groups in total. The van der Waals surface area contributed by atoms with Crippen molar-refractivity contribution in [2.75, 3.05) is 5.32 Å². The quantitative estimate of drug-likeness (QED) is 0.327. The Morgan fingerprint density at radius 3 is 2.83 bits per heavy atom. The van der Waals surface area contributed by atoms with Crippen molar-refractivity contribution in [3.05, 3.63) is 60.5 Å². The maximum atomic E-state index is 12.8. The Balaban J connectivity index is 1.92. The minimum Gasteiger partial charge on any atom is -0.321 e. The number of hydrogen-bond donors (Lipinski definition) is 1. The van der Waals surface area contributed by atoms with Gasteiger partial charge in [0.05, 0.1) is 21.5 Å². The molecule has 0 aliphatic heterocycles. The number of aromatic nitrogens is 2. The van der Waals surface area contributed by atoms with E-state index in [0.29, 0.717) is 27.2 Å². The topological polar surface area (TPSA) is 107 Å². The lowest BCUT2D eigenvalue weighted by Crippen LogP contribution is -2.20. The molecule has 8 nitrogen and oxygen atoms in total. The number of aryl methyl sites for hydroxylation is 2. The van der Waals surface area contributed by atoms with Gasteiger partial charge in [0.2, 0.25) is 0 Å². The first-order valence-electron chi connectivity index (χ1n) is 9.07. The highest BCUT2D eigenvalue weighted by atomic mass is 35.5. The van der Waals surface area contributed by atoms with E-state index in [0.717, 1.165) is 30.6 Å². The summed E-state index contributed by atoms with van der Waals surface area (Å²) >= 11 is 6.92. The third-order valence-corrected chi connectivity index (χ3v) is 6.04. The fraction of sp³-hybridized carbons (Fsp3) is 0.316.